The van der Waals surface area contributed by atoms with E-state index in [1.54, 1.807) is 11.8 Å². The molecule has 1 unspecified atom stereocenters. The van der Waals surface area contributed by atoms with Crippen LogP contribution in [0.2, 0.25) is 0 Å². The van der Waals surface area contributed by atoms with Crippen LogP contribution in [0.5, 0.6) is 0 Å². The van der Waals surface area contributed by atoms with E-state index in [2.05, 4.69) is 26.1 Å². The van der Waals surface area contributed by atoms with E-state index in [0.717, 1.165) is 31.4 Å². The predicted molar refractivity (Wildman–Crippen MR) is 106 cm³/mol. The molecule has 1 saturated heterocycles. The molecule has 148 valence electrons. The van der Waals surface area contributed by atoms with Crippen molar-refractivity contribution in [2.75, 3.05) is 12.3 Å². The number of nitrogens with one attached hydrogen (secondary N) is 1. The predicted octanol–water partition coefficient (Wildman–Crippen LogP) is 3.22. The maximum absolute atomic E-state index is 12.6. The first kappa shape index (κ1) is 21.3. The highest BCUT2D eigenvalue weighted by Crippen LogP contribution is 2.34. The summed E-state index contributed by atoms with van der Waals surface area (Å²) in [5, 5.41) is 2.77. The van der Waals surface area contributed by atoms with E-state index >= 15 is 0 Å². The van der Waals surface area contributed by atoms with Crippen LogP contribution in [0.3, 0.4) is 0 Å². The number of nitrogens with zero attached hydrogens (tertiary/aromatic N) is 1. The number of thioether (sulfide) groups is 1. The number of hydrogen-bond acceptors (Lipinski definition) is 4. The van der Waals surface area contributed by atoms with Crippen molar-refractivity contribution >= 4 is 29.5 Å². The molecule has 26 heavy (non-hydrogen) atoms. The molecule has 0 aromatic heterocycles. The first-order valence-electron chi connectivity index (χ1n) is 9.83. The Morgan fingerprint density at radius 2 is 1.81 bits per heavy atom. The van der Waals surface area contributed by atoms with Gasteiger partial charge >= 0.3 is 0 Å². The van der Waals surface area contributed by atoms with Crippen LogP contribution in [0.1, 0.15) is 66.7 Å². The molecule has 2 aliphatic rings. The van der Waals surface area contributed by atoms with Crippen molar-refractivity contribution in [3.8, 4) is 0 Å². The number of rotatable bonds is 6. The van der Waals surface area contributed by atoms with Gasteiger partial charge in [-0.3, -0.25) is 19.3 Å². The molecule has 0 aromatic rings. The third kappa shape index (κ3) is 6.00. The third-order valence-corrected chi connectivity index (χ3v) is 6.81. The van der Waals surface area contributed by atoms with Crippen molar-refractivity contribution in [1.29, 1.82) is 0 Å². The summed E-state index contributed by atoms with van der Waals surface area (Å²) < 4.78 is 0. The quantitative estimate of drug-likeness (QED) is 0.716. The van der Waals surface area contributed by atoms with Gasteiger partial charge in [-0.15, -0.1) is 11.8 Å². The van der Waals surface area contributed by atoms with E-state index in [1.807, 2.05) is 13.8 Å². The summed E-state index contributed by atoms with van der Waals surface area (Å²) in [4.78, 5) is 38.5. The van der Waals surface area contributed by atoms with Gasteiger partial charge in [0.2, 0.25) is 17.7 Å². The largest absolute Gasteiger partial charge is 0.354 e. The summed E-state index contributed by atoms with van der Waals surface area (Å²) in [7, 11) is 0. The fraction of sp³-hybridized carbons (Fsp3) is 0.850. The zero-order chi connectivity index (χ0) is 19.5. The highest BCUT2D eigenvalue weighted by Gasteiger charge is 2.40. The van der Waals surface area contributed by atoms with Gasteiger partial charge < -0.3 is 5.32 Å². The standard InChI is InChI=1S/C20H34N2O3S/c1-13(2)21-18(24)15-8-6-14(7-9-15)11-22-17(23)10-16(19(22)25)26-12-20(3,4)5/h13-16H,6-12H2,1-5H3,(H,21,24). The number of amides is 3. The van der Waals surface area contributed by atoms with Crippen molar-refractivity contribution in [2.24, 2.45) is 17.3 Å². The summed E-state index contributed by atoms with van der Waals surface area (Å²) in [5.41, 5.74) is 0.149. The molecule has 1 aliphatic carbocycles. The lowest BCUT2D eigenvalue weighted by Gasteiger charge is -2.30. The first-order valence-corrected chi connectivity index (χ1v) is 10.9. The second kappa shape index (κ2) is 8.77. The topological polar surface area (TPSA) is 66.5 Å². The Morgan fingerprint density at radius 1 is 1.19 bits per heavy atom. The summed E-state index contributed by atoms with van der Waals surface area (Å²) in [6, 6.07) is 0.169. The Kier molecular flexibility index (Phi) is 7.17. The molecular formula is C20H34N2O3S. The van der Waals surface area contributed by atoms with Crippen LogP contribution in [-0.4, -0.2) is 46.2 Å². The van der Waals surface area contributed by atoms with E-state index in [1.165, 1.54) is 4.90 Å². The van der Waals surface area contributed by atoms with E-state index in [9.17, 15) is 14.4 Å². The average molecular weight is 383 g/mol. The second-order valence-corrected chi connectivity index (χ2v) is 10.5. The smallest absolute Gasteiger partial charge is 0.242 e. The minimum Gasteiger partial charge on any atom is -0.354 e. The fourth-order valence-corrected chi connectivity index (χ4v) is 4.82. The van der Waals surface area contributed by atoms with Crippen molar-refractivity contribution in [1.82, 2.24) is 10.2 Å². The number of imide groups is 1. The van der Waals surface area contributed by atoms with Crippen LogP contribution in [0, 0.1) is 17.3 Å². The molecule has 0 bridgehead atoms. The maximum atomic E-state index is 12.6. The van der Waals surface area contributed by atoms with E-state index in [4.69, 9.17) is 0 Å². The highest BCUT2D eigenvalue weighted by molar-refractivity contribution is 8.00. The van der Waals surface area contributed by atoms with E-state index < -0.39 is 0 Å². The minimum atomic E-state index is -0.213. The maximum Gasteiger partial charge on any atom is 0.242 e. The monoisotopic (exact) mass is 382 g/mol. The van der Waals surface area contributed by atoms with Crippen LogP contribution in [0.4, 0.5) is 0 Å². The summed E-state index contributed by atoms with van der Waals surface area (Å²) in [6.07, 6.45) is 3.86. The van der Waals surface area contributed by atoms with Crippen molar-refractivity contribution in [3.63, 3.8) is 0 Å². The van der Waals surface area contributed by atoms with Crippen LogP contribution < -0.4 is 5.32 Å². The van der Waals surface area contributed by atoms with Gasteiger partial charge in [0.1, 0.15) is 0 Å². The van der Waals surface area contributed by atoms with Crippen LogP contribution >= 0.6 is 11.8 Å². The Hall–Kier alpha value is -1.04. The van der Waals surface area contributed by atoms with E-state index in [-0.39, 0.29) is 40.3 Å². The molecule has 5 nitrogen and oxygen atoms in total. The third-order valence-electron chi connectivity index (χ3n) is 5.01. The molecule has 1 atom stereocenters. The molecule has 1 heterocycles. The molecule has 1 N–H and O–H groups in total. The highest BCUT2D eigenvalue weighted by atomic mass is 32.2. The lowest BCUT2D eigenvalue weighted by molar-refractivity contribution is -0.139. The molecule has 0 aromatic carbocycles. The number of carbonyl (C=O) groups excluding carboxylic acids is 3. The van der Waals surface area contributed by atoms with Crippen LogP contribution in [0.25, 0.3) is 0 Å². The number of likely N-dealkylation sites (tertiary alicyclic amines) is 1. The molecule has 1 saturated carbocycles. The Labute approximate surface area is 162 Å². The van der Waals surface area contributed by atoms with Gasteiger partial charge in [-0.2, -0.15) is 0 Å². The molecule has 3 amide bonds. The van der Waals surface area contributed by atoms with Gasteiger partial charge in [0.15, 0.2) is 0 Å². The molecule has 2 fully saturated rings. The Morgan fingerprint density at radius 3 is 2.35 bits per heavy atom. The van der Waals surface area contributed by atoms with Crippen LogP contribution in [0.15, 0.2) is 0 Å². The summed E-state index contributed by atoms with van der Waals surface area (Å²) >= 11 is 1.61. The minimum absolute atomic E-state index is 0.0103. The second-order valence-electron chi connectivity index (χ2n) is 9.29. The molecule has 2 rings (SSSR count). The average Bonchev–Trinajstić information content (AvgIpc) is 2.80. The summed E-state index contributed by atoms with van der Waals surface area (Å²) in [5.74, 6) is 1.39. The van der Waals surface area contributed by atoms with E-state index in [0.29, 0.717) is 18.9 Å². The lowest BCUT2D eigenvalue weighted by atomic mass is 9.81. The van der Waals surface area contributed by atoms with Crippen molar-refractivity contribution < 1.29 is 14.4 Å². The molecular weight excluding hydrogens is 348 g/mol. The van der Waals surface area contributed by atoms with Crippen molar-refractivity contribution in [2.45, 2.75) is 78.0 Å². The molecule has 1 aliphatic heterocycles. The van der Waals surface area contributed by atoms with Crippen molar-refractivity contribution in [3.05, 3.63) is 0 Å². The normalized spacial score (nSPS) is 27.3. The van der Waals surface area contributed by atoms with Gasteiger partial charge in [-0.05, 0) is 56.6 Å². The van der Waals surface area contributed by atoms with Gasteiger partial charge in [0.05, 0.1) is 5.25 Å². The van der Waals surface area contributed by atoms with Gasteiger partial charge in [0.25, 0.3) is 0 Å². The van der Waals surface area contributed by atoms with Crippen LogP contribution in [-0.2, 0) is 14.4 Å². The number of hydrogen-bond donors (Lipinski definition) is 1. The molecule has 0 radical (unpaired) electrons. The summed E-state index contributed by atoms with van der Waals surface area (Å²) in [6.45, 7) is 10.9. The Bertz CT molecular complexity index is 534. The SMILES string of the molecule is CC(C)NC(=O)C1CCC(CN2C(=O)CC(SCC(C)(C)C)C2=O)CC1. The molecule has 6 heteroatoms. The lowest BCUT2D eigenvalue weighted by Crippen LogP contribution is -2.40. The first-order chi connectivity index (χ1) is 12.1. The molecule has 0 spiro atoms. The van der Waals surface area contributed by atoms with Gasteiger partial charge in [0, 0.05) is 24.9 Å². The number of carbonyl (C=O) groups is 3. The Balaban J connectivity index is 1.81. The zero-order valence-corrected chi connectivity index (χ0v) is 17.7. The van der Waals surface area contributed by atoms with Gasteiger partial charge in [-0.25, -0.2) is 0 Å². The fourth-order valence-electron chi connectivity index (χ4n) is 3.59. The van der Waals surface area contributed by atoms with Gasteiger partial charge in [-0.1, -0.05) is 20.8 Å². The zero-order valence-electron chi connectivity index (χ0n) is 16.8.